The van der Waals surface area contributed by atoms with Gasteiger partial charge in [-0.3, -0.25) is 81.7 Å². The van der Waals surface area contributed by atoms with Gasteiger partial charge in [-0.15, -0.1) is 0 Å². The molecule has 0 unspecified atom stereocenters. The minimum atomic E-state index is -2.06. The number of carboxylic acids is 4. The molecule has 0 aliphatic carbocycles. The van der Waals surface area contributed by atoms with Crippen molar-refractivity contribution in [1.82, 2.24) is 58.1 Å². The molecule has 12 amide bonds. The quantitative estimate of drug-likeness (QED) is 0.0156. The van der Waals surface area contributed by atoms with Crippen LogP contribution in [0, 0.1) is 0 Å². The highest BCUT2D eigenvalue weighted by Gasteiger charge is 2.40. The highest BCUT2D eigenvalue weighted by atomic mass is 16.4. The van der Waals surface area contributed by atoms with E-state index in [9.17, 15) is 97.1 Å². The van der Waals surface area contributed by atoms with Crippen molar-refractivity contribution in [3.8, 4) is 0 Å². The fourth-order valence-corrected chi connectivity index (χ4v) is 7.44. The van der Waals surface area contributed by atoms with E-state index in [1.54, 1.807) is 0 Å². The van der Waals surface area contributed by atoms with Crippen molar-refractivity contribution in [3.63, 3.8) is 0 Å². The van der Waals surface area contributed by atoms with Gasteiger partial charge in [-0.05, 0) is 52.9 Å². The van der Waals surface area contributed by atoms with Crippen molar-refractivity contribution in [2.45, 2.75) is 145 Å². The van der Waals surface area contributed by atoms with E-state index in [4.69, 9.17) is 33.1 Å². The number of primary amides is 1. The second kappa shape index (κ2) is 35.4. The smallest absolute Gasteiger partial charge is 0.322 e. The molecule has 1 aliphatic rings. The van der Waals surface area contributed by atoms with Crippen LogP contribution in [0.15, 0.2) is 4.99 Å². The number of guanidine groups is 1. The van der Waals surface area contributed by atoms with Gasteiger partial charge in [0.15, 0.2) is 5.96 Å². The molecule has 1 fully saturated rings. The summed E-state index contributed by atoms with van der Waals surface area (Å²) in [5.41, 5.74) is 21.7. The summed E-state index contributed by atoms with van der Waals surface area (Å²) in [6.07, 6.45) is -5.86. The molecule has 0 bridgehead atoms. The minimum absolute atomic E-state index is 0.00704. The molecule has 83 heavy (non-hydrogen) atoms. The van der Waals surface area contributed by atoms with Crippen LogP contribution in [0.25, 0.3) is 0 Å². The van der Waals surface area contributed by atoms with E-state index in [1.807, 2.05) is 16.0 Å². The summed E-state index contributed by atoms with van der Waals surface area (Å²) in [4.78, 5) is 207. The molecule has 1 rings (SSSR count). The van der Waals surface area contributed by atoms with E-state index in [2.05, 4.69) is 42.2 Å². The maximum Gasteiger partial charge on any atom is 0.322 e. The van der Waals surface area contributed by atoms with Gasteiger partial charge in [-0.1, -0.05) is 0 Å². The fraction of sp³-hybridized carbons (Fsp3) is 0.622. The van der Waals surface area contributed by atoms with Gasteiger partial charge in [0.2, 0.25) is 70.9 Å². The first-order valence-electron chi connectivity index (χ1n) is 25.2. The second-order valence-electron chi connectivity index (χ2n) is 18.6. The van der Waals surface area contributed by atoms with Crippen molar-refractivity contribution < 1.29 is 107 Å². The Kier molecular flexibility index (Phi) is 30.6. The number of aliphatic hydroxyl groups excluding tert-OH is 2. The molecule has 464 valence electrons. The molecule has 0 spiro atoms. The Morgan fingerprint density at radius 1 is 0.554 bits per heavy atom. The lowest BCUT2D eigenvalue weighted by molar-refractivity contribution is -0.144. The standard InChI is InChI=1S/C45H72N16O22/c1-18(35(74)52-16-33(72)73)54-43(82)34(20(3)63)60-40(79)25(14-32(70)71)57-41(80)26(17-62)59-36(75)19(2)53-39(78)22(6-4-10-50-45(48)49)55-29(65)15-51-38(77)24(13-28(47)64)58-42(81)27-7-5-11-61(27)44(83)23(8-9-30(66)67)56-37(76)21(46)12-31(68)69/h18-27,34,62-63H,4-17,46H2,1-3H3,(H2,47,64)(H,51,77)(H,52,74)(H,53,78)(H,54,82)(H,55,65)(H,56,76)(H,57,80)(H,58,81)(H,59,75)(H,60,79)(H,66,67)(H,68,69)(H,70,71)(H,72,73)(H4,48,49,50)/t18-,19-,20+,21-,22-,23-,24-,25-,26-,27-,34-/m0/s1. The van der Waals surface area contributed by atoms with Crippen LogP contribution in [-0.4, -0.2) is 236 Å². The van der Waals surface area contributed by atoms with E-state index in [1.165, 1.54) is 0 Å². The Morgan fingerprint density at radius 2 is 1.10 bits per heavy atom. The van der Waals surface area contributed by atoms with E-state index in [0.717, 1.165) is 25.7 Å². The van der Waals surface area contributed by atoms with Crippen LogP contribution in [-0.2, 0) is 76.7 Å². The Hall–Kier alpha value is -9.33. The van der Waals surface area contributed by atoms with Crippen LogP contribution in [0.2, 0.25) is 0 Å². The van der Waals surface area contributed by atoms with Crippen LogP contribution < -0.4 is 76.1 Å². The molecule has 1 heterocycles. The maximum atomic E-state index is 13.7. The fourth-order valence-electron chi connectivity index (χ4n) is 7.44. The molecule has 24 N–H and O–H groups in total. The normalized spacial score (nSPS) is 16.2. The lowest BCUT2D eigenvalue weighted by Gasteiger charge is -2.30. The van der Waals surface area contributed by atoms with Gasteiger partial charge in [-0.25, -0.2) is 0 Å². The number of amides is 12. The summed E-state index contributed by atoms with van der Waals surface area (Å²) in [6, 6.07) is -16.9. The first-order chi connectivity index (χ1) is 38.7. The highest BCUT2D eigenvalue weighted by molar-refractivity contribution is 6.00. The zero-order valence-electron chi connectivity index (χ0n) is 45.2. The number of rotatable bonds is 37. The summed E-state index contributed by atoms with van der Waals surface area (Å²) in [5, 5.41) is 78.2. The van der Waals surface area contributed by atoms with Gasteiger partial charge in [0.05, 0.1) is 44.6 Å². The first-order valence-corrected chi connectivity index (χ1v) is 25.2. The van der Waals surface area contributed by atoms with Crippen LogP contribution in [0.5, 0.6) is 0 Å². The van der Waals surface area contributed by atoms with Crippen LogP contribution >= 0.6 is 0 Å². The lowest BCUT2D eigenvalue weighted by Crippen LogP contribution is -2.61. The lowest BCUT2D eigenvalue weighted by atomic mass is 10.1. The molecule has 0 radical (unpaired) electrons. The average Bonchev–Trinajstić information content (AvgIpc) is 3.92. The summed E-state index contributed by atoms with van der Waals surface area (Å²) < 4.78 is 0. The maximum absolute atomic E-state index is 13.7. The number of carbonyl (C=O) groups is 16. The summed E-state index contributed by atoms with van der Waals surface area (Å²) in [6.45, 7) is 0.0686. The number of nitrogens with two attached hydrogens (primary N) is 4. The van der Waals surface area contributed by atoms with E-state index in [-0.39, 0.29) is 44.7 Å². The van der Waals surface area contributed by atoms with E-state index in [0.29, 0.717) is 0 Å². The van der Waals surface area contributed by atoms with Crippen molar-refractivity contribution in [2.75, 3.05) is 32.8 Å². The van der Waals surface area contributed by atoms with E-state index >= 15 is 0 Å². The number of hydrogen-bond acceptors (Lipinski definition) is 20. The molecule has 38 nitrogen and oxygen atoms in total. The van der Waals surface area contributed by atoms with Crippen molar-refractivity contribution in [2.24, 2.45) is 27.9 Å². The molecule has 0 saturated carbocycles. The van der Waals surface area contributed by atoms with Crippen LogP contribution in [0.1, 0.15) is 78.6 Å². The van der Waals surface area contributed by atoms with Crippen LogP contribution in [0.4, 0.5) is 0 Å². The summed E-state index contributed by atoms with van der Waals surface area (Å²) in [7, 11) is 0. The largest absolute Gasteiger partial charge is 0.481 e. The molecule has 0 aromatic heterocycles. The third-order valence-electron chi connectivity index (χ3n) is 11.7. The number of nitrogens with one attached hydrogen (secondary N) is 10. The monoisotopic (exact) mass is 1190 g/mol. The number of nitrogens with zero attached hydrogens (tertiary/aromatic N) is 2. The molecule has 0 aromatic carbocycles. The van der Waals surface area contributed by atoms with Crippen molar-refractivity contribution >= 4 is 101 Å². The SMILES string of the molecule is C[C@H](NC(=O)[C@H](CCCN=C(N)N)NC(=O)CNC(=O)[C@H](CC(N)=O)NC(=O)[C@@H]1CCCN1C(=O)[C@H](CCC(=O)O)NC(=O)[C@@H](N)CC(=O)O)C(=O)N[C@@H](CO)C(=O)N[C@@H](CC(=O)O)C(=O)N[C@H](C(=O)N[C@@H](C)C(=O)NCC(=O)O)[C@@H](C)O. The molecule has 1 aliphatic heterocycles. The molecular formula is C45H72N16O22. The number of aliphatic carboxylic acids is 4. The van der Waals surface area contributed by atoms with Crippen LogP contribution in [0.3, 0.4) is 0 Å². The van der Waals surface area contributed by atoms with Gasteiger partial charge in [0, 0.05) is 19.5 Å². The van der Waals surface area contributed by atoms with Gasteiger partial charge >= 0.3 is 23.9 Å². The van der Waals surface area contributed by atoms with Gasteiger partial charge < -0.3 is 112 Å². The topological polar surface area (TPSA) is 634 Å². The number of carbonyl (C=O) groups excluding carboxylic acids is 12. The Balaban J connectivity index is 3.18. The number of likely N-dealkylation sites (tertiary alicyclic amines) is 1. The number of aliphatic imine (C=N–C) groups is 1. The van der Waals surface area contributed by atoms with E-state index < -0.39 is 213 Å². The third-order valence-corrected chi connectivity index (χ3v) is 11.7. The van der Waals surface area contributed by atoms with Gasteiger partial charge in [0.1, 0.15) is 60.9 Å². The van der Waals surface area contributed by atoms with Gasteiger partial charge in [0.25, 0.3) is 0 Å². The molecular weight excluding hydrogens is 1120 g/mol. The highest BCUT2D eigenvalue weighted by Crippen LogP contribution is 2.20. The average molecular weight is 1190 g/mol. The zero-order chi connectivity index (χ0) is 63.4. The predicted octanol–water partition coefficient (Wildman–Crippen LogP) is -11.3. The molecule has 1 saturated heterocycles. The molecule has 38 heteroatoms. The minimum Gasteiger partial charge on any atom is -0.481 e. The third kappa shape index (κ3) is 26.7. The Labute approximate surface area is 471 Å². The Bertz CT molecular complexity index is 2460. The Morgan fingerprint density at radius 3 is 1.65 bits per heavy atom. The van der Waals surface area contributed by atoms with Gasteiger partial charge in [-0.2, -0.15) is 0 Å². The zero-order valence-corrected chi connectivity index (χ0v) is 45.2. The van der Waals surface area contributed by atoms with Crippen molar-refractivity contribution in [1.29, 1.82) is 0 Å². The number of hydrogen-bond donors (Lipinski definition) is 20. The number of aliphatic hydroxyl groups is 2. The summed E-state index contributed by atoms with van der Waals surface area (Å²) in [5.74, 6) is -19.9. The number of carboxylic acid groups (broad SMARTS) is 4. The second-order valence-corrected chi connectivity index (χ2v) is 18.6. The first kappa shape index (κ1) is 71.7. The molecule has 11 atom stereocenters. The summed E-state index contributed by atoms with van der Waals surface area (Å²) >= 11 is 0. The molecule has 0 aromatic rings. The predicted molar refractivity (Wildman–Crippen MR) is 277 cm³/mol. The van der Waals surface area contributed by atoms with Crippen molar-refractivity contribution in [3.05, 3.63) is 0 Å².